The predicted molar refractivity (Wildman–Crippen MR) is 78.3 cm³/mol. The van der Waals surface area contributed by atoms with E-state index in [1.165, 1.54) is 21.3 Å². The van der Waals surface area contributed by atoms with Crippen molar-refractivity contribution < 1.29 is 23.7 Å². The normalized spacial score (nSPS) is 10.1. The number of ether oxygens (including phenoxy) is 4. The molecule has 1 aromatic carbocycles. The Bertz CT molecular complexity index is 465. The molecule has 1 amide bonds. The van der Waals surface area contributed by atoms with E-state index >= 15 is 0 Å². The van der Waals surface area contributed by atoms with E-state index in [4.69, 9.17) is 24.7 Å². The average molecular weight is 298 g/mol. The molecule has 0 bridgehead atoms. The predicted octanol–water partition coefficient (Wildman–Crippen LogP) is 0.418. The fourth-order valence-electron chi connectivity index (χ4n) is 1.80. The van der Waals surface area contributed by atoms with Gasteiger partial charge in [0, 0.05) is 13.1 Å². The number of carbonyl (C=O) groups is 1. The highest BCUT2D eigenvalue weighted by Gasteiger charge is 2.20. The van der Waals surface area contributed by atoms with Gasteiger partial charge in [-0.1, -0.05) is 0 Å². The molecule has 21 heavy (non-hydrogen) atoms. The van der Waals surface area contributed by atoms with Crippen molar-refractivity contribution in [3.05, 3.63) is 17.7 Å². The zero-order chi connectivity index (χ0) is 15.7. The maximum absolute atomic E-state index is 12.2. The smallest absolute Gasteiger partial charge is 0.255 e. The summed E-state index contributed by atoms with van der Waals surface area (Å²) in [6.45, 7) is 1.71. The SMILES string of the molecule is COc1ccc(C(=O)NCCOCCN)c(OC)c1OC. The quantitative estimate of drug-likeness (QED) is 0.642. The third-order valence-electron chi connectivity index (χ3n) is 2.74. The largest absolute Gasteiger partial charge is 0.493 e. The number of rotatable bonds is 9. The second-order valence-electron chi connectivity index (χ2n) is 4.04. The number of nitrogens with one attached hydrogen (secondary N) is 1. The number of benzene rings is 1. The van der Waals surface area contributed by atoms with Crippen molar-refractivity contribution in [3.63, 3.8) is 0 Å². The fraction of sp³-hybridized carbons (Fsp3) is 0.500. The molecule has 0 radical (unpaired) electrons. The van der Waals surface area contributed by atoms with Gasteiger partial charge in [-0.05, 0) is 12.1 Å². The summed E-state index contributed by atoms with van der Waals surface area (Å²) < 4.78 is 20.9. The van der Waals surface area contributed by atoms with Crippen LogP contribution in [0.15, 0.2) is 12.1 Å². The maximum Gasteiger partial charge on any atom is 0.255 e. The summed E-state index contributed by atoms with van der Waals surface area (Å²) in [5.41, 5.74) is 5.67. The second kappa shape index (κ2) is 9.04. The Labute approximate surface area is 124 Å². The van der Waals surface area contributed by atoms with Gasteiger partial charge in [0.15, 0.2) is 11.5 Å². The van der Waals surface area contributed by atoms with Gasteiger partial charge in [-0.3, -0.25) is 4.79 Å². The summed E-state index contributed by atoms with van der Waals surface area (Å²) in [7, 11) is 4.48. The Morgan fingerprint density at radius 1 is 1.10 bits per heavy atom. The molecular weight excluding hydrogens is 276 g/mol. The molecule has 7 nitrogen and oxygen atoms in total. The van der Waals surface area contributed by atoms with Crippen LogP contribution in [0, 0.1) is 0 Å². The van der Waals surface area contributed by atoms with Gasteiger partial charge in [-0.15, -0.1) is 0 Å². The molecule has 0 saturated carbocycles. The van der Waals surface area contributed by atoms with Crippen molar-refractivity contribution in [2.75, 3.05) is 47.6 Å². The zero-order valence-corrected chi connectivity index (χ0v) is 12.6. The molecule has 1 rings (SSSR count). The number of hydrogen-bond acceptors (Lipinski definition) is 6. The van der Waals surface area contributed by atoms with E-state index in [2.05, 4.69) is 5.32 Å². The number of nitrogens with two attached hydrogens (primary N) is 1. The van der Waals surface area contributed by atoms with Gasteiger partial charge in [-0.25, -0.2) is 0 Å². The van der Waals surface area contributed by atoms with Crippen LogP contribution in [0.2, 0.25) is 0 Å². The number of carbonyl (C=O) groups excluding carboxylic acids is 1. The lowest BCUT2D eigenvalue weighted by Gasteiger charge is -2.15. The summed E-state index contributed by atoms with van der Waals surface area (Å²) in [5.74, 6) is 0.936. The lowest BCUT2D eigenvalue weighted by molar-refractivity contribution is 0.0916. The third kappa shape index (κ3) is 4.51. The molecule has 0 heterocycles. The van der Waals surface area contributed by atoms with Crippen molar-refractivity contribution in [3.8, 4) is 17.2 Å². The minimum absolute atomic E-state index is 0.274. The van der Waals surface area contributed by atoms with E-state index < -0.39 is 0 Å². The zero-order valence-electron chi connectivity index (χ0n) is 12.6. The van der Waals surface area contributed by atoms with Crippen LogP contribution in [0.25, 0.3) is 0 Å². The Hall–Kier alpha value is -1.99. The molecule has 1 aromatic rings. The third-order valence-corrected chi connectivity index (χ3v) is 2.74. The van der Waals surface area contributed by atoms with Gasteiger partial charge >= 0.3 is 0 Å². The first kappa shape index (κ1) is 17.1. The topological polar surface area (TPSA) is 92.0 Å². The van der Waals surface area contributed by atoms with Crippen molar-refractivity contribution in [1.82, 2.24) is 5.32 Å². The average Bonchev–Trinajstić information content (AvgIpc) is 2.52. The van der Waals surface area contributed by atoms with Crippen LogP contribution in [0.4, 0.5) is 0 Å². The summed E-state index contributed by atoms with van der Waals surface area (Å²) in [6.07, 6.45) is 0. The van der Waals surface area contributed by atoms with Gasteiger partial charge in [0.2, 0.25) is 5.75 Å². The van der Waals surface area contributed by atoms with Crippen molar-refractivity contribution in [1.29, 1.82) is 0 Å². The highest BCUT2D eigenvalue weighted by atomic mass is 16.5. The highest BCUT2D eigenvalue weighted by Crippen LogP contribution is 2.39. The van der Waals surface area contributed by atoms with E-state index in [1.54, 1.807) is 12.1 Å². The molecule has 0 saturated heterocycles. The van der Waals surface area contributed by atoms with Crippen LogP contribution in [-0.2, 0) is 4.74 Å². The molecule has 0 aliphatic heterocycles. The molecule has 0 spiro atoms. The Kier molecular flexibility index (Phi) is 7.34. The van der Waals surface area contributed by atoms with Crippen LogP contribution in [0.5, 0.6) is 17.2 Å². The number of amides is 1. The summed E-state index contributed by atoms with van der Waals surface area (Å²) in [6, 6.07) is 3.28. The maximum atomic E-state index is 12.2. The number of methoxy groups -OCH3 is 3. The van der Waals surface area contributed by atoms with Crippen LogP contribution < -0.4 is 25.3 Å². The fourth-order valence-corrected chi connectivity index (χ4v) is 1.80. The minimum atomic E-state index is -0.274. The van der Waals surface area contributed by atoms with Crippen molar-refractivity contribution in [2.24, 2.45) is 5.73 Å². The van der Waals surface area contributed by atoms with E-state index in [9.17, 15) is 4.79 Å². The lowest BCUT2D eigenvalue weighted by Crippen LogP contribution is -2.28. The van der Waals surface area contributed by atoms with E-state index in [1.807, 2.05) is 0 Å². The van der Waals surface area contributed by atoms with E-state index in [0.29, 0.717) is 49.1 Å². The van der Waals surface area contributed by atoms with Gasteiger partial charge in [0.25, 0.3) is 5.91 Å². The Balaban J connectivity index is 2.79. The summed E-state index contributed by atoms with van der Waals surface area (Å²) in [4.78, 5) is 12.2. The van der Waals surface area contributed by atoms with Crippen LogP contribution in [-0.4, -0.2) is 53.5 Å². The minimum Gasteiger partial charge on any atom is -0.493 e. The highest BCUT2D eigenvalue weighted by molar-refractivity contribution is 5.98. The Morgan fingerprint density at radius 3 is 2.38 bits per heavy atom. The van der Waals surface area contributed by atoms with Crippen LogP contribution >= 0.6 is 0 Å². The standard InChI is InChI=1S/C14H22N2O5/c1-18-11-5-4-10(12(19-2)13(11)20-3)14(17)16-7-9-21-8-6-15/h4-5H,6-9,15H2,1-3H3,(H,16,17). The van der Waals surface area contributed by atoms with Gasteiger partial charge in [-0.2, -0.15) is 0 Å². The van der Waals surface area contributed by atoms with Gasteiger partial charge in [0.05, 0.1) is 40.1 Å². The second-order valence-corrected chi connectivity index (χ2v) is 4.04. The lowest BCUT2D eigenvalue weighted by atomic mass is 10.1. The van der Waals surface area contributed by atoms with Crippen LogP contribution in [0.3, 0.4) is 0 Å². The molecule has 0 aliphatic rings. The molecule has 118 valence electrons. The van der Waals surface area contributed by atoms with Gasteiger partial charge < -0.3 is 30.0 Å². The molecule has 0 fully saturated rings. The Morgan fingerprint density at radius 2 is 1.81 bits per heavy atom. The first-order chi connectivity index (χ1) is 10.2. The molecule has 3 N–H and O–H groups in total. The first-order valence-corrected chi connectivity index (χ1v) is 6.54. The van der Waals surface area contributed by atoms with Gasteiger partial charge in [0.1, 0.15) is 0 Å². The van der Waals surface area contributed by atoms with E-state index in [-0.39, 0.29) is 5.91 Å². The molecular formula is C14H22N2O5. The molecule has 0 unspecified atom stereocenters. The van der Waals surface area contributed by atoms with Crippen molar-refractivity contribution >= 4 is 5.91 Å². The summed E-state index contributed by atoms with van der Waals surface area (Å²) >= 11 is 0. The van der Waals surface area contributed by atoms with Crippen molar-refractivity contribution in [2.45, 2.75) is 0 Å². The monoisotopic (exact) mass is 298 g/mol. The van der Waals surface area contributed by atoms with E-state index in [0.717, 1.165) is 0 Å². The molecule has 0 atom stereocenters. The first-order valence-electron chi connectivity index (χ1n) is 6.54. The summed E-state index contributed by atoms with van der Waals surface area (Å²) in [5, 5.41) is 2.74. The molecule has 0 aliphatic carbocycles. The van der Waals surface area contributed by atoms with Crippen LogP contribution in [0.1, 0.15) is 10.4 Å². The molecule has 0 aromatic heterocycles. The molecule has 7 heteroatoms. The number of hydrogen-bond donors (Lipinski definition) is 2.